The average Bonchev–Trinajstić information content (AvgIpc) is 2.62. The van der Waals surface area contributed by atoms with E-state index < -0.39 is 0 Å². The predicted octanol–water partition coefficient (Wildman–Crippen LogP) is 3.11. The number of thioether (sulfide) groups is 1. The van der Waals surface area contributed by atoms with Crippen molar-refractivity contribution in [2.75, 3.05) is 44.9 Å². The molecular formula is C19H31N3O2S. The van der Waals surface area contributed by atoms with Crippen molar-refractivity contribution in [1.82, 2.24) is 10.6 Å². The molecule has 0 saturated heterocycles. The Morgan fingerprint density at radius 3 is 2.56 bits per heavy atom. The molecule has 1 aromatic rings. The van der Waals surface area contributed by atoms with Gasteiger partial charge < -0.3 is 20.1 Å². The Labute approximate surface area is 156 Å². The van der Waals surface area contributed by atoms with Crippen molar-refractivity contribution in [3.05, 3.63) is 36.4 Å². The lowest BCUT2D eigenvalue weighted by molar-refractivity contribution is 0.287. The van der Waals surface area contributed by atoms with Gasteiger partial charge in [0.1, 0.15) is 0 Å². The molecule has 0 aromatic heterocycles. The zero-order valence-electron chi connectivity index (χ0n) is 15.6. The highest BCUT2D eigenvalue weighted by Gasteiger charge is 2.06. The largest absolute Gasteiger partial charge is 0.490 e. The predicted molar refractivity (Wildman–Crippen MR) is 109 cm³/mol. The van der Waals surface area contributed by atoms with E-state index in [9.17, 15) is 0 Å². The van der Waals surface area contributed by atoms with Gasteiger partial charge in [-0.05, 0) is 38.0 Å². The summed E-state index contributed by atoms with van der Waals surface area (Å²) < 4.78 is 11.3. The number of guanidine groups is 1. The van der Waals surface area contributed by atoms with Gasteiger partial charge in [0.2, 0.25) is 0 Å². The SMILES string of the molecule is C=CCSCCNC(=NC)NCCc1ccc(OCC)c(OCC)c1. The normalized spacial score (nSPS) is 11.1. The first-order valence-electron chi connectivity index (χ1n) is 8.76. The summed E-state index contributed by atoms with van der Waals surface area (Å²) in [5.41, 5.74) is 1.20. The monoisotopic (exact) mass is 365 g/mol. The molecule has 5 nitrogen and oxygen atoms in total. The van der Waals surface area contributed by atoms with Crippen LogP contribution >= 0.6 is 11.8 Å². The summed E-state index contributed by atoms with van der Waals surface area (Å²) in [4.78, 5) is 4.24. The summed E-state index contributed by atoms with van der Waals surface area (Å²) in [6, 6.07) is 6.11. The van der Waals surface area contributed by atoms with Crippen molar-refractivity contribution >= 4 is 17.7 Å². The average molecular weight is 366 g/mol. The molecule has 2 N–H and O–H groups in total. The molecular weight excluding hydrogens is 334 g/mol. The molecule has 0 radical (unpaired) electrons. The lowest BCUT2D eigenvalue weighted by Gasteiger charge is -2.14. The van der Waals surface area contributed by atoms with Crippen LogP contribution in [-0.4, -0.2) is 50.8 Å². The molecule has 0 fully saturated rings. The van der Waals surface area contributed by atoms with Crippen molar-refractivity contribution in [2.24, 2.45) is 4.99 Å². The van der Waals surface area contributed by atoms with E-state index in [2.05, 4.69) is 34.3 Å². The third-order valence-electron chi connectivity index (χ3n) is 3.31. The molecule has 0 amide bonds. The van der Waals surface area contributed by atoms with Gasteiger partial charge in [-0.25, -0.2) is 0 Å². The Morgan fingerprint density at radius 2 is 1.88 bits per heavy atom. The highest BCUT2D eigenvalue weighted by atomic mass is 32.2. The van der Waals surface area contributed by atoms with Crippen LogP contribution in [-0.2, 0) is 6.42 Å². The van der Waals surface area contributed by atoms with E-state index in [1.54, 1.807) is 7.05 Å². The van der Waals surface area contributed by atoms with Crippen molar-refractivity contribution in [3.63, 3.8) is 0 Å². The lowest BCUT2D eigenvalue weighted by Crippen LogP contribution is -2.39. The summed E-state index contributed by atoms with van der Waals surface area (Å²) in [5.74, 6) is 4.45. The maximum atomic E-state index is 5.67. The number of aliphatic imine (C=N–C) groups is 1. The Kier molecular flexibility index (Phi) is 11.4. The minimum atomic E-state index is 0.627. The first-order chi connectivity index (χ1) is 12.2. The van der Waals surface area contributed by atoms with Crippen molar-refractivity contribution in [3.8, 4) is 11.5 Å². The number of hydrogen-bond donors (Lipinski definition) is 2. The van der Waals surface area contributed by atoms with Gasteiger partial charge in [-0.2, -0.15) is 11.8 Å². The smallest absolute Gasteiger partial charge is 0.191 e. The molecule has 1 aromatic carbocycles. The van der Waals surface area contributed by atoms with Crippen LogP contribution in [0.5, 0.6) is 11.5 Å². The summed E-state index contributed by atoms with van der Waals surface area (Å²) in [7, 11) is 1.79. The van der Waals surface area contributed by atoms with Gasteiger partial charge in [-0.1, -0.05) is 12.1 Å². The zero-order chi connectivity index (χ0) is 18.3. The second kappa shape index (κ2) is 13.5. The van der Waals surface area contributed by atoms with E-state index in [1.165, 1.54) is 5.56 Å². The Bertz CT molecular complexity index is 535. The van der Waals surface area contributed by atoms with Crippen molar-refractivity contribution in [1.29, 1.82) is 0 Å². The lowest BCUT2D eigenvalue weighted by atomic mass is 10.1. The first-order valence-corrected chi connectivity index (χ1v) is 9.92. The molecule has 0 aliphatic rings. The Hall–Kier alpha value is -1.82. The topological polar surface area (TPSA) is 54.9 Å². The summed E-state index contributed by atoms with van der Waals surface area (Å²) in [6.07, 6.45) is 2.81. The van der Waals surface area contributed by atoms with Crippen LogP contribution in [0.3, 0.4) is 0 Å². The standard InChI is InChI=1S/C19H31N3O2S/c1-5-13-25-14-12-22-19(20-4)21-11-10-16-8-9-17(23-6-2)18(15-16)24-7-3/h5,8-9,15H,1,6-7,10-14H2,2-4H3,(H2,20,21,22). The van der Waals surface area contributed by atoms with Crippen LogP contribution < -0.4 is 20.1 Å². The molecule has 25 heavy (non-hydrogen) atoms. The summed E-state index contributed by atoms with van der Waals surface area (Å²) in [5, 5.41) is 6.65. The minimum absolute atomic E-state index is 0.627. The van der Waals surface area contributed by atoms with Gasteiger partial charge in [0, 0.05) is 31.6 Å². The van der Waals surface area contributed by atoms with Gasteiger partial charge in [0.25, 0.3) is 0 Å². The zero-order valence-corrected chi connectivity index (χ0v) is 16.5. The van der Waals surface area contributed by atoms with Crippen LogP contribution in [0.4, 0.5) is 0 Å². The molecule has 0 spiro atoms. The van der Waals surface area contributed by atoms with Crippen molar-refractivity contribution in [2.45, 2.75) is 20.3 Å². The fourth-order valence-corrected chi connectivity index (χ4v) is 2.78. The molecule has 0 bridgehead atoms. The molecule has 0 heterocycles. The molecule has 1 rings (SSSR count). The van der Waals surface area contributed by atoms with Gasteiger partial charge >= 0.3 is 0 Å². The second-order valence-electron chi connectivity index (χ2n) is 5.19. The van der Waals surface area contributed by atoms with Crippen LogP contribution in [0.1, 0.15) is 19.4 Å². The molecule has 0 atom stereocenters. The number of nitrogens with one attached hydrogen (secondary N) is 2. The van der Waals surface area contributed by atoms with Gasteiger partial charge in [-0.15, -0.1) is 6.58 Å². The molecule has 0 saturated carbocycles. The number of benzene rings is 1. The third-order valence-corrected chi connectivity index (χ3v) is 4.28. The third kappa shape index (κ3) is 8.72. The van der Waals surface area contributed by atoms with E-state index in [0.29, 0.717) is 13.2 Å². The first kappa shape index (κ1) is 21.2. The quantitative estimate of drug-likeness (QED) is 0.258. The fourth-order valence-electron chi connectivity index (χ4n) is 2.21. The molecule has 0 unspecified atom stereocenters. The number of nitrogens with zero attached hydrogens (tertiary/aromatic N) is 1. The Morgan fingerprint density at radius 1 is 1.16 bits per heavy atom. The van der Waals surface area contributed by atoms with Crippen LogP contribution in [0.25, 0.3) is 0 Å². The van der Waals surface area contributed by atoms with Crippen LogP contribution in [0.15, 0.2) is 35.8 Å². The molecule has 140 valence electrons. The van der Waals surface area contributed by atoms with E-state index >= 15 is 0 Å². The highest BCUT2D eigenvalue weighted by Crippen LogP contribution is 2.28. The van der Waals surface area contributed by atoms with E-state index in [0.717, 1.165) is 48.5 Å². The fraction of sp³-hybridized carbons (Fsp3) is 0.526. The number of hydrogen-bond acceptors (Lipinski definition) is 4. The highest BCUT2D eigenvalue weighted by molar-refractivity contribution is 7.99. The second-order valence-corrected chi connectivity index (χ2v) is 6.34. The minimum Gasteiger partial charge on any atom is -0.490 e. The Balaban J connectivity index is 2.43. The van der Waals surface area contributed by atoms with E-state index in [-0.39, 0.29) is 0 Å². The van der Waals surface area contributed by atoms with Crippen LogP contribution in [0, 0.1) is 0 Å². The summed E-state index contributed by atoms with van der Waals surface area (Å²) >= 11 is 1.85. The molecule has 6 heteroatoms. The van der Waals surface area contributed by atoms with Gasteiger partial charge in [-0.3, -0.25) is 4.99 Å². The van der Waals surface area contributed by atoms with Gasteiger partial charge in [0.05, 0.1) is 13.2 Å². The van der Waals surface area contributed by atoms with E-state index in [1.807, 2.05) is 37.8 Å². The number of ether oxygens (including phenoxy) is 2. The molecule has 0 aliphatic heterocycles. The van der Waals surface area contributed by atoms with Gasteiger partial charge in [0.15, 0.2) is 17.5 Å². The number of rotatable bonds is 12. The van der Waals surface area contributed by atoms with Crippen molar-refractivity contribution < 1.29 is 9.47 Å². The maximum Gasteiger partial charge on any atom is 0.191 e. The van der Waals surface area contributed by atoms with Crippen LogP contribution in [0.2, 0.25) is 0 Å². The maximum absolute atomic E-state index is 5.67. The molecule has 0 aliphatic carbocycles. The summed E-state index contributed by atoms with van der Waals surface area (Å²) in [6.45, 7) is 10.6. The van der Waals surface area contributed by atoms with E-state index in [4.69, 9.17) is 9.47 Å².